The fourth-order valence-corrected chi connectivity index (χ4v) is 3.25. The zero-order valence-electron chi connectivity index (χ0n) is 18.1. The van der Waals surface area contributed by atoms with Gasteiger partial charge in [-0.3, -0.25) is 19.7 Å². The van der Waals surface area contributed by atoms with Crippen LogP contribution in [0.1, 0.15) is 69.9 Å². The first kappa shape index (κ1) is 22.7. The van der Waals surface area contributed by atoms with Gasteiger partial charge in [0, 0.05) is 22.2 Å². The largest absolute Gasteiger partial charge is 0.449 e. The number of urea groups is 1. The summed E-state index contributed by atoms with van der Waals surface area (Å²) in [5.74, 6) is -2.66. The van der Waals surface area contributed by atoms with Gasteiger partial charge in [0.1, 0.15) is 0 Å². The molecule has 3 amide bonds. The molecule has 4 N–H and O–H groups in total. The third kappa shape index (κ3) is 4.36. The average molecular weight is 437 g/mol. The number of carbonyl (C=O) groups excluding carboxylic acids is 5. The molecule has 0 saturated heterocycles. The zero-order chi connectivity index (χ0) is 23.8. The molecule has 1 unspecified atom stereocenters. The van der Waals surface area contributed by atoms with Crippen molar-refractivity contribution >= 4 is 35.2 Å². The molecule has 2 aromatic rings. The summed E-state index contributed by atoms with van der Waals surface area (Å²) in [5.41, 5.74) is 5.61. The highest BCUT2D eigenvalue weighted by Gasteiger charge is 2.33. The average Bonchev–Trinajstić information content (AvgIpc) is 2.70. The predicted octanol–water partition coefficient (Wildman–Crippen LogP) is 2.21. The first-order valence-electron chi connectivity index (χ1n) is 9.85. The number of ether oxygens (including phenoxy) is 1. The van der Waals surface area contributed by atoms with Crippen molar-refractivity contribution in [3.8, 4) is 0 Å². The molecule has 0 aliphatic heterocycles. The number of hydrogen-bond donors (Lipinski definition) is 3. The standard InChI is InChI=1S/C23H23N3O6/c1-11(20(29)25-22(31)26-23(2,3)4)32-21(30)15-10-9-14-16(17(15)24)19(28)13-8-6-5-7-12(13)18(14)27/h5-11H,24H2,1-4H3,(H2,25,26,29,31). The van der Waals surface area contributed by atoms with E-state index in [2.05, 4.69) is 10.6 Å². The van der Waals surface area contributed by atoms with Crippen molar-refractivity contribution in [2.24, 2.45) is 0 Å². The molecule has 0 saturated carbocycles. The van der Waals surface area contributed by atoms with Crippen LogP contribution < -0.4 is 16.4 Å². The number of imide groups is 1. The molecule has 166 valence electrons. The Hall–Kier alpha value is -4.01. The van der Waals surface area contributed by atoms with Crippen LogP contribution in [-0.2, 0) is 9.53 Å². The zero-order valence-corrected chi connectivity index (χ0v) is 18.1. The van der Waals surface area contributed by atoms with E-state index in [1.165, 1.54) is 25.1 Å². The maximum absolute atomic E-state index is 12.9. The van der Waals surface area contributed by atoms with Gasteiger partial charge in [-0.05, 0) is 39.8 Å². The van der Waals surface area contributed by atoms with E-state index >= 15 is 0 Å². The number of hydrogen-bond acceptors (Lipinski definition) is 7. The topological polar surface area (TPSA) is 145 Å². The minimum Gasteiger partial charge on any atom is -0.449 e. The number of fused-ring (bicyclic) bond motifs is 2. The molecule has 0 heterocycles. The van der Waals surface area contributed by atoms with Crippen molar-refractivity contribution in [3.63, 3.8) is 0 Å². The molecule has 1 atom stereocenters. The van der Waals surface area contributed by atoms with Crippen LogP contribution in [0.15, 0.2) is 36.4 Å². The fraction of sp³-hybridized carbons (Fsp3) is 0.261. The highest BCUT2D eigenvalue weighted by molar-refractivity contribution is 6.30. The summed E-state index contributed by atoms with van der Waals surface area (Å²) in [7, 11) is 0. The van der Waals surface area contributed by atoms with Crippen molar-refractivity contribution in [2.75, 3.05) is 5.73 Å². The highest BCUT2D eigenvalue weighted by Crippen LogP contribution is 2.33. The van der Waals surface area contributed by atoms with Crippen LogP contribution in [0.3, 0.4) is 0 Å². The Kier molecular flexibility index (Phi) is 5.85. The molecular formula is C23H23N3O6. The Morgan fingerprint density at radius 2 is 1.53 bits per heavy atom. The summed E-state index contributed by atoms with van der Waals surface area (Å²) in [6.45, 7) is 6.51. The smallest absolute Gasteiger partial charge is 0.341 e. The highest BCUT2D eigenvalue weighted by atomic mass is 16.5. The van der Waals surface area contributed by atoms with E-state index in [1.54, 1.807) is 39.0 Å². The quantitative estimate of drug-likeness (QED) is 0.421. The third-order valence-corrected chi connectivity index (χ3v) is 4.73. The first-order valence-corrected chi connectivity index (χ1v) is 9.85. The summed E-state index contributed by atoms with van der Waals surface area (Å²) >= 11 is 0. The normalized spacial score (nSPS) is 13.5. The van der Waals surface area contributed by atoms with Gasteiger partial charge in [-0.15, -0.1) is 0 Å². The minimum atomic E-state index is -1.32. The number of esters is 1. The minimum absolute atomic E-state index is 0.0789. The molecule has 9 nitrogen and oxygen atoms in total. The molecule has 2 aromatic carbocycles. The summed E-state index contributed by atoms with van der Waals surface area (Å²) in [5, 5.41) is 4.63. The van der Waals surface area contributed by atoms with Crippen LogP contribution in [0, 0.1) is 0 Å². The lowest BCUT2D eigenvalue weighted by molar-refractivity contribution is -0.127. The lowest BCUT2D eigenvalue weighted by Gasteiger charge is -2.22. The number of amides is 3. The van der Waals surface area contributed by atoms with Crippen molar-refractivity contribution in [3.05, 3.63) is 64.2 Å². The molecule has 1 aliphatic rings. The SMILES string of the molecule is CC(OC(=O)c1ccc2c(c1N)C(=O)c1ccccc1C2=O)C(=O)NC(=O)NC(C)(C)C. The number of carbonyl (C=O) groups is 5. The molecule has 3 rings (SSSR count). The van der Waals surface area contributed by atoms with E-state index < -0.39 is 35.3 Å². The van der Waals surface area contributed by atoms with Gasteiger partial charge in [-0.1, -0.05) is 24.3 Å². The van der Waals surface area contributed by atoms with Gasteiger partial charge in [0.05, 0.1) is 16.8 Å². The maximum atomic E-state index is 12.9. The van der Waals surface area contributed by atoms with E-state index in [0.29, 0.717) is 0 Å². The maximum Gasteiger partial charge on any atom is 0.341 e. The molecular weight excluding hydrogens is 414 g/mol. The van der Waals surface area contributed by atoms with Gasteiger partial charge in [-0.2, -0.15) is 0 Å². The molecule has 0 bridgehead atoms. The number of ketones is 2. The molecule has 1 aliphatic carbocycles. The summed E-state index contributed by atoms with van der Waals surface area (Å²) in [4.78, 5) is 62.3. The molecule has 0 spiro atoms. The fourth-order valence-electron chi connectivity index (χ4n) is 3.25. The number of nitrogens with two attached hydrogens (primary N) is 1. The van der Waals surface area contributed by atoms with Gasteiger partial charge in [0.25, 0.3) is 5.91 Å². The number of benzene rings is 2. The van der Waals surface area contributed by atoms with Gasteiger partial charge in [0.2, 0.25) is 0 Å². The second-order valence-corrected chi connectivity index (χ2v) is 8.39. The van der Waals surface area contributed by atoms with Crippen LogP contribution in [0.2, 0.25) is 0 Å². The van der Waals surface area contributed by atoms with E-state index in [1.807, 2.05) is 0 Å². The van der Waals surface area contributed by atoms with E-state index in [9.17, 15) is 24.0 Å². The number of nitrogens with one attached hydrogen (secondary N) is 2. The van der Waals surface area contributed by atoms with Gasteiger partial charge >= 0.3 is 12.0 Å². The summed E-state index contributed by atoms with van der Waals surface area (Å²) < 4.78 is 5.13. The Labute approximate surface area is 184 Å². The third-order valence-electron chi connectivity index (χ3n) is 4.73. The Balaban J connectivity index is 1.80. The Bertz CT molecular complexity index is 1160. The van der Waals surface area contributed by atoms with Gasteiger partial charge in [-0.25, -0.2) is 9.59 Å². The second kappa shape index (κ2) is 8.26. The monoisotopic (exact) mass is 437 g/mol. The Morgan fingerprint density at radius 1 is 0.938 bits per heavy atom. The van der Waals surface area contributed by atoms with Gasteiger partial charge in [0.15, 0.2) is 17.7 Å². The van der Waals surface area contributed by atoms with Crippen molar-refractivity contribution in [1.29, 1.82) is 0 Å². The molecule has 32 heavy (non-hydrogen) atoms. The van der Waals surface area contributed by atoms with Crippen LogP contribution >= 0.6 is 0 Å². The molecule has 9 heteroatoms. The summed E-state index contributed by atoms with van der Waals surface area (Å²) in [6.07, 6.45) is -1.32. The van der Waals surface area contributed by atoms with Gasteiger partial charge < -0.3 is 15.8 Å². The molecule has 0 aromatic heterocycles. The van der Waals surface area contributed by atoms with Crippen LogP contribution in [0.5, 0.6) is 0 Å². The van der Waals surface area contributed by atoms with E-state index in [4.69, 9.17) is 10.5 Å². The van der Waals surface area contributed by atoms with Crippen LogP contribution in [0.4, 0.5) is 10.5 Å². The lowest BCUT2D eigenvalue weighted by atomic mass is 9.82. The second-order valence-electron chi connectivity index (χ2n) is 8.39. The molecule has 0 fully saturated rings. The first-order chi connectivity index (χ1) is 14.9. The number of anilines is 1. The summed E-state index contributed by atoms with van der Waals surface area (Å²) in [6, 6.07) is 8.20. The van der Waals surface area contributed by atoms with E-state index in [-0.39, 0.29) is 39.3 Å². The number of rotatable bonds is 3. The Morgan fingerprint density at radius 3 is 2.12 bits per heavy atom. The molecule has 0 radical (unpaired) electrons. The van der Waals surface area contributed by atoms with E-state index in [0.717, 1.165) is 0 Å². The lowest BCUT2D eigenvalue weighted by Crippen LogP contribution is -2.50. The van der Waals surface area contributed by atoms with Crippen LogP contribution in [0.25, 0.3) is 0 Å². The van der Waals surface area contributed by atoms with Crippen LogP contribution in [-0.4, -0.2) is 41.1 Å². The van der Waals surface area contributed by atoms with Crippen molar-refractivity contribution < 1.29 is 28.7 Å². The van der Waals surface area contributed by atoms with Crippen molar-refractivity contribution in [1.82, 2.24) is 10.6 Å². The predicted molar refractivity (Wildman–Crippen MR) is 115 cm³/mol. The van der Waals surface area contributed by atoms with Crippen molar-refractivity contribution in [2.45, 2.75) is 39.3 Å². The number of nitrogen functional groups attached to an aromatic ring is 1.